The Balaban J connectivity index is 1.49. The molecule has 146 valence electrons. The molecule has 0 radical (unpaired) electrons. The van der Waals surface area contributed by atoms with Crippen LogP contribution in [0, 0.1) is 0 Å². The first-order chi connectivity index (χ1) is 13.7. The van der Waals surface area contributed by atoms with Gasteiger partial charge in [-0.2, -0.15) is 0 Å². The molecule has 4 rings (SSSR count). The standard InChI is InChI=1S/C23H24ClNO3/c1-2-27-23(26)22-19(18-12-11-16(24)14-20(18)25-22)9-5-13-28-21-10-4-7-15-6-3-8-17(15)21/h4,7,10-12,14,25H,2-3,5-6,8-9,13H2,1H3. The van der Waals surface area contributed by atoms with Gasteiger partial charge in [0.05, 0.1) is 13.2 Å². The first-order valence-corrected chi connectivity index (χ1v) is 10.3. The van der Waals surface area contributed by atoms with Crippen molar-refractivity contribution in [1.82, 2.24) is 4.98 Å². The van der Waals surface area contributed by atoms with Crippen LogP contribution in [0.5, 0.6) is 5.75 Å². The molecule has 3 aromatic rings. The summed E-state index contributed by atoms with van der Waals surface area (Å²) in [6.07, 6.45) is 4.99. The van der Waals surface area contributed by atoms with Crippen molar-refractivity contribution in [3.05, 3.63) is 63.8 Å². The lowest BCUT2D eigenvalue weighted by atomic mass is 10.1. The van der Waals surface area contributed by atoms with Gasteiger partial charge >= 0.3 is 5.97 Å². The number of nitrogens with one attached hydrogen (secondary N) is 1. The number of H-pyrrole nitrogens is 1. The maximum absolute atomic E-state index is 12.4. The van der Waals surface area contributed by atoms with Crippen molar-refractivity contribution < 1.29 is 14.3 Å². The van der Waals surface area contributed by atoms with E-state index in [1.165, 1.54) is 17.5 Å². The van der Waals surface area contributed by atoms with Crippen LogP contribution >= 0.6 is 11.6 Å². The van der Waals surface area contributed by atoms with Gasteiger partial charge in [0.1, 0.15) is 11.4 Å². The van der Waals surface area contributed by atoms with Crippen LogP contribution in [-0.2, 0) is 24.0 Å². The molecule has 0 unspecified atom stereocenters. The number of carbonyl (C=O) groups is 1. The maximum Gasteiger partial charge on any atom is 0.355 e. The van der Waals surface area contributed by atoms with Gasteiger partial charge in [0.2, 0.25) is 0 Å². The average molecular weight is 398 g/mol. The van der Waals surface area contributed by atoms with Crippen LogP contribution in [0.15, 0.2) is 36.4 Å². The molecule has 5 heteroatoms. The fourth-order valence-corrected chi connectivity index (χ4v) is 4.19. The Morgan fingerprint density at radius 3 is 2.96 bits per heavy atom. The highest BCUT2D eigenvalue weighted by Crippen LogP contribution is 2.31. The number of aromatic amines is 1. The van der Waals surface area contributed by atoms with Gasteiger partial charge in [0.25, 0.3) is 0 Å². The molecule has 1 aliphatic rings. The Labute approximate surface area is 169 Å². The molecule has 1 aromatic heterocycles. The van der Waals surface area contributed by atoms with E-state index in [1.807, 2.05) is 25.1 Å². The van der Waals surface area contributed by atoms with E-state index >= 15 is 0 Å². The molecule has 0 atom stereocenters. The molecule has 0 fully saturated rings. The molecule has 0 amide bonds. The van der Waals surface area contributed by atoms with Gasteiger partial charge in [-0.05, 0) is 73.9 Å². The number of aromatic nitrogens is 1. The zero-order valence-corrected chi connectivity index (χ0v) is 16.8. The highest BCUT2D eigenvalue weighted by atomic mass is 35.5. The van der Waals surface area contributed by atoms with Gasteiger partial charge < -0.3 is 14.5 Å². The largest absolute Gasteiger partial charge is 0.493 e. The Morgan fingerprint density at radius 1 is 1.21 bits per heavy atom. The van der Waals surface area contributed by atoms with E-state index in [9.17, 15) is 4.79 Å². The molecular weight excluding hydrogens is 374 g/mol. The molecule has 4 nitrogen and oxygen atoms in total. The third kappa shape index (κ3) is 3.74. The summed E-state index contributed by atoms with van der Waals surface area (Å²) in [6.45, 7) is 2.76. The van der Waals surface area contributed by atoms with E-state index in [-0.39, 0.29) is 5.97 Å². The van der Waals surface area contributed by atoms with Crippen molar-refractivity contribution >= 4 is 28.5 Å². The number of hydrogen-bond donors (Lipinski definition) is 1. The summed E-state index contributed by atoms with van der Waals surface area (Å²) in [7, 11) is 0. The number of rotatable bonds is 7. The predicted molar refractivity (Wildman–Crippen MR) is 112 cm³/mol. The Kier molecular flexibility index (Phi) is 5.58. The summed E-state index contributed by atoms with van der Waals surface area (Å²) in [4.78, 5) is 15.6. The minimum absolute atomic E-state index is 0.327. The lowest BCUT2D eigenvalue weighted by molar-refractivity contribution is 0.0519. The zero-order chi connectivity index (χ0) is 19.5. The van der Waals surface area contributed by atoms with E-state index in [0.29, 0.717) is 23.9 Å². The van der Waals surface area contributed by atoms with Crippen LogP contribution in [0.1, 0.15) is 46.9 Å². The smallest absolute Gasteiger partial charge is 0.355 e. The Hall–Kier alpha value is -2.46. The van der Waals surface area contributed by atoms with Gasteiger partial charge in [0.15, 0.2) is 0 Å². The number of aryl methyl sites for hydroxylation is 2. The third-order valence-corrected chi connectivity index (χ3v) is 5.51. The van der Waals surface area contributed by atoms with Crippen molar-refractivity contribution in [2.45, 2.75) is 39.0 Å². The summed E-state index contributed by atoms with van der Waals surface area (Å²) in [5.41, 5.74) is 5.10. The number of hydrogen-bond acceptors (Lipinski definition) is 3. The van der Waals surface area contributed by atoms with Crippen LogP contribution < -0.4 is 4.74 Å². The molecule has 0 saturated heterocycles. The summed E-state index contributed by atoms with van der Waals surface area (Å²) >= 11 is 6.11. The van der Waals surface area contributed by atoms with Crippen molar-refractivity contribution in [3.8, 4) is 5.75 Å². The predicted octanol–water partition coefficient (Wildman–Crippen LogP) is 5.50. The number of ether oxygens (including phenoxy) is 2. The van der Waals surface area contributed by atoms with Crippen LogP contribution in [0.4, 0.5) is 0 Å². The molecule has 1 heterocycles. The summed E-state index contributed by atoms with van der Waals surface area (Å²) < 4.78 is 11.3. The highest BCUT2D eigenvalue weighted by molar-refractivity contribution is 6.31. The molecule has 1 N–H and O–H groups in total. The van der Waals surface area contributed by atoms with E-state index in [0.717, 1.165) is 47.9 Å². The lowest BCUT2D eigenvalue weighted by Crippen LogP contribution is -2.09. The van der Waals surface area contributed by atoms with Gasteiger partial charge in [-0.15, -0.1) is 0 Å². The van der Waals surface area contributed by atoms with Crippen molar-refractivity contribution in [1.29, 1.82) is 0 Å². The summed E-state index contributed by atoms with van der Waals surface area (Å²) in [5, 5.41) is 1.64. The zero-order valence-electron chi connectivity index (χ0n) is 16.0. The fourth-order valence-electron chi connectivity index (χ4n) is 4.02. The van der Waals surface area contributed by atoms with Gasteiger partial charge in [-0.25, -0.2) is 4.79 Å². The molecule has 28 heavy (non-hydrogen) atoms. The van der Waals surface area contributed by atoms with Gasteiger partial charge in [0, 0.05) is 15.9 Å². The van der Waals surface area contributed by atoms with E-state index in [4.69, 9.17) is 21.1 Å². The SMILES string of the molecule is CCOC(=O)c1[nH]c2cc(Cl)ccc2c1CCCOc1cccc2c1CCC2. The summed E-state index contributed by atoms with van der Waals surface area (Å²) in [6, 6.07) is 12.0. The van der Waals surface area contributed by atoms with E-state index < -0.39 is 0 Å². The maximum atomic E-state index is 12.4. The minimum atomic E-state index is -0.327. The fraction of sp³-hybridized carbons (Fsp3) is 0.348. The second-order valence-corrected chi connectivity index (χ2v) is 7.52. The normalized spacial score (nSPS) is 12.9. The molecular formula is C23H24ClNO3. The average Bonchev–Trinajstić information content (AvgIpc) is 3.30. The molecule has 2 aromatic carbocycles. The Morgan fingerprint density at radius 2 is 2.11 bits per heavy atom. The van der Waals surface area contributed by atoms with Crippen LogP contribution in [0.25, 0.3) is 10.9 Å². The van der Waals surface area contributed by atoms with Crippen LogP contribution in [0.2, 0.25) is 5.02 Å². The van der Waals surface area contributed by atoms with Crippen molar-refractivity contribution in [3.63, 3.8) is 0 Å². The van der Waals surface area contributed by atoms with Crippen LogP contribution in [-0.4, -0.2) is 24.2 Å². The second-order valence-electron chi connectivity index (χ2n) is 7.09. The molecule has 0 spiro atoms. The highest BCUT2D eigenvalue weighted by Gasteiger charge is 2.19. The number of fused-ring (bicyclic) bond motifs is 2. The quantitative estimate of drug-likeness (QED) is 0.423. The van der Waals surface area contributed by atoms with Gasteiger partial charge in [-0.1, -0.05) is 29.8 Å². The van der Waals surface area contributed by atoms with Crippen LogP contribution in [0.3, 0.4) is 0 Å². The molecule has 1 aliphatic carbocycles. The molecule has 0 aliphatic heterocycles. The first-order valence-electron chi connectivity index (χ1n) is 9.88. The van der Waals surface area contributed by atoms with E-state index in [1.54, 1.807) is 0 Å². The number of carbonyl (C=O) groups excluding carboxylic acids is 1. The minimum Gasteiger partial charge on any atom is -0.493 e. The van der Waals surface area contributed by atoms with Crippen molar-refractivity contribution in [2.24, 2.45) is 0 Å². The Bertz CT molecular complexity index is 1010. The topological polar surface area (TPSA) is 51.3 Å². The number of esters is 1. The van der Waals surface area contributed by atoms with E-state index in [2.05, 4.69) is 23.2 Å². The third-order valence-electron chi connectivity index (χ3n) is 5.28. The molecule has 0 saturated carbocycles. The lowest BCUT2D eigenvalue weighted by Gasteiger charge is -2.11. The summed E-state index contributed by atoms with van der Waals surface area (Å²) in [5.74, 6) is 0.679. The number of halogens is 1. The second kappa shape index (κ2) is 8.27. The van der Waals surface area contributed by atoms with Gasteiger partial charge in [-0.3, -0.25) is 0 Å². The number of benzene rings is 2. The molecule has 0 bridgehead atoms. The monoisotopic (exact) mass is 397 g/mol. The van der Waals surface area contributed by atoms with Crippen molar-refractivity contribution in [2.75, 3.05) is 13.2 Å². The first kappa shape index (κ1) is 18.9.